The lowest BCUT2D eigenvalue weighted by Gasteiger charge is -2.58. The largest absolute Gasteiger partial charge is 0.288 e. The Bertz CT molecular complexity index is 4280. The average molecular weight is 1250 g/mol. The number of allylic oxidation sites excluding steroid dienone is 10. The van der Waals surface area contributed by atoms with E-state index >= 15 is 4.79 Å². The number of carbonyl (C=O) groups excluding carboxylic acids is 1. The van der Waals surface area contributed by atoms with E-state index in [1.165, 1.54) is 159 Å². The molecule has 0 saturated heterocycles. The van der Waals surface area contributed by atoms with Gasteiger partial charge in [-0.05, 0) is 193 Å². The molecule has 0 fully saturated rings. The lowest BCUT2D eigenvalue weighted by Crippen LogP contribution is -2.55. The van der Waals surface area contributed by atoms with Gasteiger partial charge in [0.05, 0.1) is 4.88 Å². The smallest absolute Gasteiger partial charge is 0.202 e. The van der Waals surface area contributed by atoms with Gasteiger partial charge in [-0.1, -0.05) is 156 Å². The van der Waals surface area contributed by atoms with Crippen LogP contribution in [0.4, 0.5) is 0 Å². The van der Waals surface area contributed by atoms with Gasteiger partial charge in [0, 0.05) is 79.8 Å². The highest BCUT2D eigenvalue weighted by Gasteiger charge is 2.59. The molecule has 0 N–H and O–H groups in total. The van der Waals surface area contributed by atoms with Crippen LogP contribution >= 0.6 is 90.7 Å². The summed E-state index contributed by atoms with van der Waals surface area (Å²) in [4.78, 5) is 33.4. The Morgan fingerprint density at radius 3 is 1.45 bits per heavy atom. The third kappa shape index (κ3) is 10.3. The highest BCUT2D eigenvalue weighted by molar-refractivity contribution is 7.30. The van der Waals surface area contributed by atoms with E-state index in [-0.39, 0.29) is 22.0 Å². The highest BCUT2D eigenvalue weighted by Crippen LogP contribution is 2.69. The molecule has 8 aromatic heterocycles. The van der Waals surface area contributed by atoms with E-state index in [2.05, 4.69) is 214 Å². The van der Waals surface area contributed by atoms with Crippen molar-refractivity contribution >= 4 is 113 Å². The summed E-state index contributed by atoms with van der Waals surface area (Å²) in [5.74, 6) is 0.0886. The molecule has 9 heteroatoms. The number of hydrogen-bond acceptors (Lipinski definition) is 9. The molecule has 9 aromatic rings. The molecule has 8 heterocycles. The fourth-order valence-electron chi connectivity index (χ4n) is 13.2. The number of carbonyl (C=O) groups is 1. The minimum Gasteiger partial charge on any atom is -0.288 e. The molecule has 84 heavy (non-hydrogen) atoms. The van der Waals surface area contributed by atoms with Gasteiger partial charge < -0.3 is 0 Å². The molecule has 0 amide bonds. The second kappa shape index (κ2) is 22.9. The predicted molar refractivity (Wildman–Crippen MR) is 376 cm³/mol. The first-order chi connectivity index (χ1) is 40.5. The second-order valence-electron chi connectivity index (χ2n) is 25.7. The standard InChI is InChI=1S/C75H74OS8/c1-11-13-15-17-21-50-51(22-18-16-14-12-2)71(84-70(50)67-35-32-61(82-67)59-24-20-38-78-59)68-36-33-65(83-68)64-31-34-66(81-64)69(76)45-25-26-49-52(39-45)55-43-47(73(6,7)8)44-56-53(41-48-40-46(72(3,4)5)42-54(49)74(48,9)75(55,56)10)57-27-28-62(79-57)63-30-29-60(80-63)58-23-19-37-77-58/h19-20,23-44H,11-18,21-22H2,1-10H3/t74-,75+/m0/s1. The van der Waals surface area contributed by atoms with Gasteiger partial charge >= 0.3 is 0 Å². The van der Waals surface area contributed by atoms with Crippen LogP contribution < -0.4 is 10.4 Å². The lowest BCUT2D eigenvalue weighted by atomic mass is 9.44. The molecule has 4 aliphatic carbocycles. The number of fused-ring (bicyclic) bond motifs is 1. The van der Waals surface area contributed by atoms with Gasteiger partial charge in [-0.2, -0.15) is 0 Å². The molecule has 0 bridgehead atoms. The molecule has 1 nitrogen and oxygen atoms in total. The normalized spacial score (nSPS) is 18.3. The van der Waals surface area contributed by atoms with E-state index < -0.39 is 5.41 Å². The summed E-state index contributed by atoms with van der Waals surface area (Å²) in [6.07, 6.45) is 25.0. The van der Waals surface area contributed by atoms with Crippen LogP contribution in [-0.4, -0.2) is 5.78 Å². The van der Waals surface area contributed by atoms with Crippen LogP contribution in [0.25, 0.3) is 75.2 Å². The summed E-state index contributed by atoms with van der Waals surface area (Å²) in [5, 5.41) is 6.77. The summed E-state index contributed by atoms with van der Waals surface area (Å²) >= 11 is 15.0. The number of rotatable bonds is 19. The fourth-order valence-corrected chi connectivity index (χ4v) is 21.8. The molecule has 0 saturated carbocycles. The van der Waals surface area contributed by atoms with Gasteiger partial charge in [0.15, 0.2) is 0 Å². The van der Waals surface area contributed by atoms with Gasteiger partial charge in [0.25, 0.3) is 0 Å². The molecule has 428 valence electrons. The van der Waals surface area contributed by atoms with Crippen LogP contribution in [0, 0.1) is 21.7 Å². The van der Waals surface area contributed by atoms with Crippen molar-refractivity contribution in [1.82, 2.24) is 0 Å². The van der Waals surface area contributed by atoms with Gasteiger partial charge in [0.1, 0.15) is 0 Å². The van der Waals surface area contributed by atoms with E-state index in [1.807, 2.05) is 68.0 Å². The number of ketones is 1. The Morgan fingerprint density at radius 1 is 0.440 bits per heavy atom. The monoisotopic (exact) mass is 1250 g/mol. The lowest BCUT2D eigenvalue weighted by molar-refractivity contribution is 0.104. The first kappa shape index (κ1) is 58.0. The van der Waals surface area contributed by atoms with Crippen molar-refractivity contribution in [3.63, 3.8) is 0 Å². The van der Waals surface area contributed by atoms with Crippen molar-refractivity contribution in [2.24, 2.45) is 21.7 Å². The molecular formula is C75H74OS8. The van der Waals surface area contributed by atoms with Crippen LogP contribution in [0.3, 0.4) is 0 Å². The van der Waals surface area contributed by atoms with Gasteiger partial charge in [-0.25, -0.2) is 0 Å². The van der Waals surface area contributed by atoms with Gasteiger partial charge in [-0.15, -0.1) is 90.7 Å². The number of benzene rings is 1. The summed E-state index contributed by atoms with van der Waals surface area (Å²) in [5.41, 5.74) is 12.3. The van der Waals surface area contributed by atoms with Crippen molar-refractivity contribution in [3.05, 3.63) is 203 Å². The van der Waals surface area contributed by atoms with Crippen molar-refractivity contribution in [3.8, 4) is 58.5 Å². The minimum absolute atomic E-state index is 0.0764. The molecule has 0 radical (unpaired) electrons. The van der Waals surface area contributed by atoms with Crippen LogP contribution in [0.5, 0.6) is 0 Å². The Morgan fingerprint density at radius 2 is 0.917 bits per heavy atom. The minimum atomic E-state index is -0.431. The van der Waals surface area contributed by atoms with Crippen LogP contribution in [0.15, 0.2) is 167 Å². The highest BCUT2D eigenvalue weighted by atomic mass is 32.1. The quantitative estimate of drug-likeness (QED) is 0.0582. The van der Waals surface area contributed by atoms with Crippen molar-refractivity contribution in [1.29, 1.82) is 0 Å². The number of thiophene rings is 8. The molecule has 2 atom stereocenters. The first-order valence-corrected chi connectivity index (χ1v) is 36.9. The van der Waals surface area contributed by atoms with Crippen molar-refractivity contribution in [2.75, 3.05) is 0 Å². The fraction of sp³-hybridized carbons (Fsp3) is 0.320. The van der Waals surface area contributed by atoms with Crippen molar-refractivity contribution in [2.45, 2.75) is 133 Å². The summed E-state index contributed by atoms with van der Waals surface area (Å²) < 4.78 is 0. The average Bonchev–Trinajstić information content (AvgIpc) is 2.00. The second-order valence-corrected chi connectivity index (χ2v) is 34.0. The first-order valence-electron chi connectivity index (χ1n) is 30.2. The zero-order valence-electron chi connectivity index (χ0n) is 50.1. The van der Waals surface area contributed by atoms with Gasteiger partial charge in [0.2, 0.25) is 5.78 Å². The molecule has 13 rings (SSSR count). The Labute approximate surface area is 530 Å². The Kier molecular flexibility index (Phi) is 15.8. The Hall–Kier alpha value is -5.07. The number of unbranched alkanes of at least 4 members (excludes halogenated alkanes) is 6. The van der Waals surface area contributed by atoms with Gasteiger partial charge in [-0.3, -0.25) is 4.79 Å². The Balaban J connectivity index is 0.883. The SMILES string of the molecule is CCCCCCc1c(-c2ccc(-c3cccs3)s2)sc(-c2ccc(-c3ccc(C(=O)c4ccc5c(c4)=C4C=C(C(C)(C)C)C=C6C(c7ccc(-c8ccc(-c9cccs9)s8)s7)=CC7=CC(C(C)(C)C)=CC=5[C@@]7(C)[C@@]64C)s3)s2)c1CCCCCC. The zero-order chi connectivity index (χ0) is 58.3. The van der Waals surface area contributed by atoms with Crippen LogP contribution in [-0.2, 0) is 12.8 Å². The van der Waals surface area contributed by atoms with E-state index in [0.717, 1.165) is 28.2 Å². The van der Waals surface area contributed by atoms with E-state index in [1.54, 1.807) is 33.8 Å². The molecular weight excluding hydrogens is 1170 g/mol. The van der Waals surface area contributed by atoms with E-state index in [4.69, 9.17) is 0 Å². The maximum absolute atomic E-state index is 15.3. The molecule has 4 aliphatic rings. The summed E-state index contributed by atoms with van der Waals surface area (Å²) in [6.45, 7) is 23.7. The van der Waals surface area contributed by atoms with E-state index in [0.29, 0.717) is 0 Å². The predicted octanol–water partition coefficient (Wildman–Crippen LogP) is 23.9. The topological polar surface area (TPSA) is 17.1 Å². The maximum atomic E-state index is 15.3. The molecule has 0 aliphatic heterocycles. The molecule has 0 spiro atoms. The summed E-state index contributed by atoms with van der Waals surface area (Å²) in [6, 6.07) is 38.5. The third-order valence-electron chi connectivity index (χ3n) is 18.2. The van der Waals surface area contributed by atoms with Crippen LogP contribution in [0.2, 0.25) is 0 Å². The molecule has 1 aromatic carbocycles. The van der Waals surface area contributed by atoms with Crippen molar-refractivity contribution < 1.29 is 4.79 Å². The summed E-state index contributed by atoms with van der Waals surface area (Å²) in [7, 11) is 0. The third-order valence-corrected chi connectivity index (χ3v) is 27.9. The van der Waals surface area contributed by atoms with E-state index in [9.17, 15) is 0 Å². The zero-order valence-corrected chi connectivity index (χ0v) is 56.6. The molecule has 0 unspecified atom stereocenters. The number of hydrogen-bond donors (Lipinski definition) is 0. The maximum Gasteiger partial charge on any atom is 0.202 e. The van der Waals surface area contributed by atoms with Crippen LogP contribution in [0.1, 0.15) is 152 Å².